The molecule has 0 radical (unpaired) electrons. The number of fused-ring (bicyclic) bond motifs is 4. The zero-order valence-corrected chi connectivity index (χ0v) is 21.6. The molecule has 3 aromatic carbocycles. The number of para-hydroxylation sites is 1. The van der Waals surface area contributed by atoms with Crippen LogP contribution in [-0.2, 0) is 0 Å². The van der Waals surface area contributed by atoms with E-state index in [9.17, 15) is 14.3 Å². The Balaban J connectivity index is 1.41. The maximum Gasteiger partial charge on any atom is 0.269 e. The molecule has 7 rings (SSSR count). The van der Waals surface area contributed by atoms with Crippen molar-refractivity contribution in [2.24, 2.45) is 5.73 Å². The van der Waals surface area contributed by atoms with E-state index in [0.29, 0.717) is 35.4 Å². The summed E-state index contributed by atoms with van der Waals surface area (Å²) < 4.78 is 16.0. The number of amides is 1. The van der Waals surface area contributed by atoms with Gasteiger partial charge in [0, 0.05) is 22.4 Å². The summed E-state index contributed by atoms with van der Waals surface area (Å²) in [6, 6.07) is 20.7. The number of carbonyl (C=O) groups is 1. The van der Waals surface area contributed by atoms with Crippen molar-refractivity contribution in [3.05, 3.63) is 84.4 Å². The number of rotatable bonds is 5. The van der Waals surface area contributed by atoms with Crippen LogP contribution in [0.2, 0.25) is 0 Å². The number of benzene rings is 3. The van der Waals surface area contributed by atoms with Gasteiger partial charge in [-0.25, -0.2) is 14.4 Å². The lowest BCUT2D eigenvalue weighted by molar-refractivity contribution is 0.0995. The van der Waals surface area contributed by atoms with Crippen LogP contribution in [0.3, 0.4) is 0 Å². The largest absolute Gasteiger partial charge is 0.393 e. The molecule has 3 aromatic heterocycles. The van der Waals surface area contributed by atoms with Crippen LogP contribution in [0.25, 0.3) is 49.9 Å². The zero-order chi connectivity index (χ0) is 27.4. The molecule has 8 nitrogen and oxygen atoms in total. The summed E-state index contributed by atoms with van der Waals surface area (Å²) in [5.74, 6) is -0.271. The Bertz CT molecular complexity index is 1920. The van der Waals surface area contributed by atoms with Crippen LogP contribution < -0.4 is 11.1 Å². The van der Waals surface area contributed by atoms with Crippen LogP contribution in [0.15, 0.2) is 72.9 Å². The molecule has 200 valence electrons. The number of nitrogens with two attached hydrogens (primary N) is 1. The van der Waals surface area contributed by atoms with Crippen LogP contribution in [0.1, 0.15) is 36.2 Å². The third-order valence-electron chi connectivity index (χ3n) is 7.82. The second-order valence-corrected chi connectivity index (χ2v) is 10.4. The van der Waals surface area contributed by atoms with E-state index in [1.807, 2.05) is 42.5 Å². The van der Waals surface area contributed by atoms with Gasteiger partial charge in [0.1, 0.15) is 11.6 Å². The Morgan fingerprint density at radius 3 is 2.65 bits per heavy atom. The van der Waals surface area contributed by atoms with Gasteiger partial charge in [-0.1, -0.05) is 30.3 Å². The van der Waals surface area contributed by atoms with Crippen molar-refractivity contribution in [3.63, 3.8) is 0 Å². The number of hydrogen-bond donors (Lipinski definition) is 4. The van der Waals surface area contributed by atoms with Gasteiger partial charge in [-0.3, -0.25) is 4.79 Å². The van der Waals surface area contributed by atoms with Gasteiger partial charge in [-0.05, 0) is 62.1 Å². The Morgan fingerprint density at radius 1 is 1.02 bits per heavy atom. The average Bonchev–Trinajstić information content (AvgIpc) is 3.53. The summed E-state index contributed by atoms with van der Waals surface area (Å²) in [7, 11) is 0. The summed E-state index contributed by atoms with van der Waals surface area (Å²) in [5, 5.41) is 15.4. The Morgan fingerprint density at radius 2 is 1.82 bits per heavy atom. The fourth-order valence-electron chi connectivity index (χ4n) is 5.93. The van der Waals surface area contributed by atoms with Crippen molar-refractivity contribution in [2.45, 2.75) is 37.8 Å². The lowest BCUT2D eigenvalue weighted by Gasteiger charge is -2.27. The van der Waals surface area contributed by atoms with Gasteiger partial charge in [0.2, 0.25) is 0 Å². The molecule has 1 fully saturated rings. The van der Waals surface area contributed by atoms with Crippen molar-refractivity contribution in [2.75, 3.05) is 5.32 Å². The number of aromatic amines is 1. The second kappa shape index (κ2) is 9.46. The number of pyridine rings is 1. The fraction of sp³-hybridized carbons (Fsp3) is 0.194. The van der Waals surface area contributed by atoms with E-state index < -0.39 is 5.91 Å². The van der Waals surface area contributed by atoms with Crippen LogP contribution in [0.5, 0.6) is 0 Å². The molecule has 1 aliphatic rings. The number of aliphatic hydroxyl groups is 1. The Labute approximate surface area is 228 Å². The molecule has 1 aliphatic carbocycles. The number of nitrogens with one attached hydrogen (secondary N) is 2. The molecular formula is C31H27FN6O2. The smallest absolute Gasteiger partial charge is 0.269 e. The Hall–Kier alpha value is -4.76. The molecule has 0 atom stereocenters. The predicted molar refractivity (Wildman–Crippen MR) is 154 cm³/mol. The monoisotopic (exact) mass is 534 g/mol. The molecule has 9 heteroatoms. The van der Waals surface area contributed by atoms with Crippen LogP contribution >= 0.6 is 0 Å². The van der Waals surface area contributed by atoms with Crippen LogP contribution in [0, 0.1) is 5.82 Å². The molecule has 0 spiro atoms. The van der Waals surface area contributed by atoms with Gasteiger partial charge in [-0.15, -0.1) is 0 Å². The van der Waals surface area contributed by atoms with Gasteiger partial charge >= 0.3 is 0 Å². The number of aliphatic hydroxyl groups excluding tert-OH is 1. The van der Waals surface area contributed by atoms with Crippen molar-refractivity contribution in [3.8, 4) is 17.1 Å². The molecular weight excluding hydrogens is 507 g/mol. The first kappa shape index (κ1) is 24.3. The molecule has 0 bridgehead atoms. The number of H-pyrrole nitrogens is 1. The molecule has 0 aliphatic heterocycles. The number of carbonyl (C=O) groups excluding carboxylic acids is 1. The molecule has 1 amide bonds. The number of imidazole rings is 1. The van der Waals surface area contributed by atoms with E-state index in [-0.39, 0.29) is 23.7 Å². The lowest BCUT2D eigenvalue weighted by atomic mass is 9.93. The first-order valence-corrected chi connectivity index (χ1v) is 13.4. The predicted octanol–water partition coefficient (Wildman–Crippen LogP) is 5.68. The normalized spacial score (nSPS) is 17.6. The molecule has 0 saturated heterocycles. The number of aromatic nitrogens is 4. The fourth-order valence-corrected chi connectivity index (χ4v) is 5.93. The summed E-state index contributed by atoms with van der Waals surface area (Å²) in [5.41, 5.74) is 11.3. The van der Waals surface area contributed by atoms with E-state index in [2.05, 4.69) is 25.9 Å². The lowest BCUT2D eigenvalue weighted by Crippen LogP contribution is -2.29. The molecule has 5 N–H and O–H groups in total. The number of anilines is 1. The molecule has 1 saturated carbocycles. The third kappa shape index (κ3) is 4.06. The van der Waals surface area contributed by atoms with Crippen molar-refractivity contribution < 1.29 is 14.3 Å². The average molecular weight is 535 g/mol. The van der Waals surface area contributed by atoms with Crippen LogP contribution in [0.4, 0.5) is 10.1 Å². The minimum absolute atomic E-state index is 0.112. The van der Waals surface area contributed by atoms with Gasteiger partial charge < -0.3 is 25.7 Å². The third-order valence-corrected chi connectivity index (χ3v) is 7.82. The van der Waals surface area contributed by atoms with Crippen molar-refractivity contribution in [1.29, 1.82) is 0 Å². The maximum atomic E-state index is 13.9. The SMILES string of the molecule is NC(=O)c1ncc(-n2c3ccccc3c3c(-c4nc5ccc(F)cc5[nH]4)cccc32)cc1NC1CCC(O)CC1. The minimum Gasteiger partial charge on any atom is -0.393 e. The number of hydrogen-bond acceptors (Lipinski definition) is 5. The molecule has 3 heterocycles. The highest BCUT2D eigenvalue weighted by atomic mass is 19.1. The van der Waals surface area contributed by atoms with E-state index in [1.165, 1.54) is 12.1 Å². The van der Waals surface area contributed by atoms with Crippen molar-refractivity contribution in [1.82, 2.24) is 19.5 Å². The molecule has 0 unspecified atom stereocenters. The highest BCUT2D eigenvalue weighted by Gasteiger charge is 2.23. The first-order chi connectivity index (χ1) is 19.5. The van der Waals surface area contributed by atoms with E-state index in [1.54, 1.807) is 12.3 Å². The Kier molecular flexibility index (Phi) is 5.74. The van der Waals surface area contributed by atoms with Crippen LogP contribution in [-0.4, -0.2) is 42.7 Å². The number of primary amides is 1. The maximum absolute atomic E-state index is 13.9. The highest BCUT2D eigenvalue weighted by molar-refractivity contribution is 6.15. The standard InChI is InChI=1S/C31H27FN6O2/c32-17-8-13-23-24(14-17)37-31(36-23)22-5-3-7-27-28(22)21-4-1-2-6-26(21)38(27)19-15-25(29(30(33)40)34-16-19)35-18-9-11-20(39)12-10-18/h1-8,13-16,18,20,35,39H,9-12H2,(H2,33,40)(H,36,37). The summed E-state index contributed by atoms with van der Waals surface area (Å²) in [4.78, 5) is 24.8. The highest BCUT2D eigenvalue weighted by Crippen LogP contribution is 2.38. The van der Waals surface area contributed by atoms with E-state index in [0.717, 1.165) is 45.9 Å². The van der Waals surface area contributed by atoms with Gasteiger partial charge in [0.25, 0.3) is 5.91 Å². The summed E-state index contributed by atoms with van der Waals surface area (Å²) >= 11 is 0. The molecule has 40 heavy (non-hydrogen) atoms. The van der Waals surface area contributed by atoms with Gasteiger partial charge in [0.05, 0.1) is 45.7 Å². The minimum atomic E-state index is -0.601. The van der Waals surface area contributed by atoms with E-state index >= 15 is 0 Å². The van der Waals surface area contributed by atoms with Gasteiger partial charge in [-0.2, -0.15) is 0 Å². The van der Waals surface area contributed by atoms with E-state index in [4.69, 9.17) is 10.7 Å². The summed E-state index contributed by atoms with van der Waals surface area (Å²) in [6.45, 7) is 0. The first-order valence-electron chi connectivity index (χ1n) is 13.4. The number of nitrogens with zero attached hydrogens (tertiary/aromatic N) is 3. The summed E-state index contributed by atoms with van der Waals surface area (Å²) in [6.07, 6.45) is 4.39. The second-order valence-electron chi connectivity index (χ2n) is 10.4. The molecule has 6 aromatic rings. The van der Waals surface area contributed by atoms with Gasteiger partial charge in [0.15, 0.2) is 5.69 Å². The number of halogens is 1. The zero-order valence-electron chi connectivity index (χ0n) is 21.6. The topological polar surface area (TPSA) is 122 Å². The quantitative estimate of drug-likeness (QED) is 0.227. The van der Waals surface area contributed by atoms with Crippen molar-refractivity contribution >= 4 is 44.4 Å².